The van der Waals surface area contributed by atoms with Crippen LogP contribution in [0.5, 0.6) is 0 Å². The standard InChI is InChI=1S/C15H22N2O2/c1-18-10-11-19-9-8-17-7-5-14-12-13(4-6-16)2-3-15(14)17/h2-3,5,7,12H,4,6,8-11,16H2,1H3. The first-order valence-corrected chi connectivity index (χ1v) is 6.69. The molecular formula is C15H22N2O2. The Labute approximate surface area is 114 Å². The lowest BCUT2D eigenvalue weighted by Gasteiger charge is -2.07. The highest BCUT2D eigenvalue weighted by atomic mass is 16.5. The molecule has 1 aromatic carbocycles. The van der Waals surface area contributed by atoms with Crippen LogP contribution in [-0.4, -0.2) is 38.0 Å². The van der Waals surface area contributed by atoms with E-state index in [0.29, 0.717) is 26.4 Å². The molecule has 0 bridgehead atoms. The molecule has 2 aromatic rings. The molecule has 0 aliphatic rings. The number of ether oxygens (including phenoxy) is 2. The Morgan fingerprint density at radius 2 is 2.05 bits per heavy atom. The van der Waals surface area contributed by atoms with Crippen molar-refractivity contribution < 1.29 is 9.47 Å². The van der Waals surface area contributed by atoms with Gasteiger partial charge < -0.3 is 19.8 Å². The lowest BCUT2D eigenvalue weighted by Crippen LogP contribution is -2.08. The summed E-state index contributed by atoms with van der Waals surface area (Å²) in [6.07, 6.45) is 3.04. The Morgan fingerprint density at radius 3 is 2.84 bits per heavy atom. The minimum Gasteiger partial charge on any atom is -0.382 e. The average Bonchev–Trinajstić information content (AvgIpc) is 2.82. The van der Waals surface area contributed by atoms with Crippen LogP contribution in [0.4, 0.5) is 0 Å². The van der Waals surface area contributed by atoms with E-state index < -0.39 is 0 Å². The topological polar surface area (TPSA) is 49.4 Å². The number of nitrogens with two attached hydrogens (primary N) is 1. The Hall–Kier alpha value is -1.36. The third-order valence-electron chi connectivity index (χ3n) is 3.18. The second-order valence-corrected chi connectivity index (χ2v) is 4.55. The number of aromatic nitrogens is 1. The summed E-state index contributed by atoms with van der Waals surface area (Å²) in [4.78, 5) is 0. The van der Waals surface area contributed by atoms with Gasteiger partial charge in [-0.05, 0) is 42.1 Å². The number of hydrogen-bond acceptors (Lipinski definition) is 3. The highest BCUT2D eigenvalue weighted by molar-refractivity contribution is 5.80. The van der Waals surface area contributed by atoms with Crippen molar-refractivity contribution in [1.82, 2.24) is 4.57 Å². The molecule has 0 spiro atoms. The van der Waals surface area contributed by atoms with E-state index in [1.807, 2.05) is 0 Å². The van der Waals surface area contributed by atoms with Gasteiger partial charge in [-0.15, -0.1) is 0 Å². The minimum atomic E-state index is 0.648. The van der Waals surface area contributed by atoms with Gasteiger partial charge in [-0.25, -0.2) is 0 Å². The normalized spacial score (nSPS) is 11.3. The molecule has 2 rings (SSSR count). The molecule has 4 nitrogen and oxygen atoms in total. The van der Waals surface area contributed by atoms with E-state index in [-0.39, 0.29) is 0 Å². The molecular weight excluding hydrogens is 240 g/mol. The maximum Gasteiger partial charge on any atom is 0.0701 e. The van der Waals surface area contributed by atoms with Gasteiger partial charge >= 0.3 is 0 Å². The fourth-order valence-electron chi connectivity index (χ4n) is 2.17. The number of nitrogens with zero attached hydrogens (tertiary/aromatic N) is 1. The van der Waals surface area contributed by atoms with Gasteiger partial charge in [0.15, 0.2) is 0 Å². The van der Waals surface area contributed by atoms with Gasteiger partial charge in [-0.2, -0.15) is 0 Å². The molecule has 0 atom stereocenters. The first kappa shape index (κ1) is 14.1. The van der Waals surface area contributed by atoms with Crippen LogP contribution in [0.2, 0.25) is 0 Å². The first-order valence-electron chi connectivity index (χ1n) is 6.69. The van der Waals surface area contributed by atoms with Crippen LogP contribution in [0.3, 0.4) is 0 Å². The zero-order valence-corrected chi connectivity index (χ0v) is 11.5. The van der Waals surface area contributed by atoms with Gasteiger partial charge in [0.2, 0.25) is 0 Å². The Morgan fingerprint density at radius 1 is 1.16 bits per heavy atom. The molecule has 2 N–H and O–H groups in total. The van der Waals surface area contributed by atoms with E-state index in [1.54, 1.807) is 7.11 Å². The summed E-state index contributed by atoms with van der Waals surface area (Å²) in [5.41, 5.74) is 8.13. The third-order valence-corrected chi connectivity index (χ3v) is 3.18. The SMILES string of the molecule is COCCOCCn1ccc2cc(CCN)ccc21. The number of methoxy groups -OCH3 is 1. The Bertz CT molecular complexity index is 508. The lowest BCUT2D eigenvalue weighted by atomic mass is 10.1. The summed E-state index contributed by atoms with van der Waals surface area (Å²) >= 11 is 0. The summed E-state index contributed by atoms with van der Waals surface area (Å²) < 4.78 is 12.7. The number of benzene rings is 1. The third kappa shape index (κ3) is 3.80. The lowest BCUT2D eigenvalue weighted by molar-refractivity contribution is 0.0670. The fourth-order valence-corrected chi connectivity index (χ4v) is 2.17. The molecule has 0 aliphatic carbocycles. The summed E-state index contributed by atoms with van der Waals surface area (Å²) in [5, 5.41) is 1.27. The maximum absolute atomic E-state index is 5.58. The number of rotatable bonds is 8. The van der Waals surface area contributed by atoms with Crippen LogP contribution >= 0.6 is 0 Å². The van der Waals surface area contributed by atoms with Gasteiger partial charge in [0.25, 0.3) is 0 Å². The zero-order valence-electron chi connectivity index (χ0n) is 11.5. The molecule has 0 unspecified atom stereocenters. The molecule has 104 valence electrons. The molecule has 0 aliphatic heterocycles. The molecule has 1 heterocycles. The van der Waals surface area contributed by atoms with E-state index in [9.17, 15) is 0 Å². The van der Waals surface area contributed by atoms with Crippen molar-refractivity contribution in [3.8, 4) is 0 Å². The summed E-state index contributed by atoms with van der Waals surface area (Å²) in [6.45, 7) is 3.56. The molecule has 4 heteroatoms. The summed E-state index contributed by atoms with van der Waals surface area (Å²) in [5.74, 6) is 0. The smallest absolute Gasteiger partial charge is 0.0701 e. The van der Waals surface area contributed by atoms with Crippen LogP contribution in [0, 0.1) is 0 Å². The van der Waals surface area contributed by atoms with Crippen molar-refractivity contribution in [1.29, 1.82) is 0 Å². The van der Waals surface area contributed by atoms with E-state index >= 15 is 0 Å². The summed E-state index contributed by atoms with van der Waals surface area (Å²) in [6, 6.07) is 8.67. The van der Waals surface area contributed by atoms with Crippen LogP contribution < -0.4 is 5.73 Å². The van der Waals surface area contributed by atoms with Gasteiger partial charge in [-0.3, -0.25) is 0 Å². The van der Waals surface area contributed by atoms with Crippen molar-refractivity contribution >= 4 is 10.9 Å². The zero-order chi connectivity index (χ0) is 13.5. The Balaban J connectivity index is 1.96. The second-order valence-electron chi connectivity index (χ2n) is 4.55. The molecule has 0 radical (unpaired) electrons. The van der Waals surface area contributed by atoms with Gasteiger partial charge in [0.1, 0.15) is 0 Å². The second kappa shape index (κ2) is 7.28. The van der Waals surface area contributed by atoms with Gasteiger partial charge in [0, 0.05) is 25.4 Å². The van der Waals surface area contributed by atoms with E-state index in [1.165, 1.54) is 16.5 Å². The fraction of sp³-hybridized carbons (Fsp3) is 0.467. The molecule has 1 aromatic heterocycles. The molecule has 0 fully saturated rings. The quantitative estimate of drug-likeness (QED) is 0.738. The van der Waals surface area contributed by atoms with Crippen LogP contribution in [0.25, 0.3) is 10.9 Å². The first-order chi connectivity index (χ1) is 9.35. The van der Waals surface area contributed by atoms with Crippen molar-refractivity contribution in [2.45, 2.75) is 13.0 Å². The largest absolute Gasteiger partial charge is 0.382 e. The van der Waals surface area contributed by atoms with Crippen LogP contribution in [0.15, 0.2) is 30.5 Å². The number of hydrogen-bond donors (Lipinski definition) is 1. The predicted molar refractivity (Wildman–Crippen MR) is 77.4 cm³/mol. The van der Waals surface area contributed by atoms with E-state index in [2.05, 4.69) is 35.0 Å². The van der Waals surface area contributed by atoms with Crippen molar-refractivity contribution in [2.24, 2.45) is 5.73 Å². The highest BCUT2D eigenvalue weighted by Crippen LogP contribution is 2.17. The van der Waals surface area contributed by atoms with Crippen molar-refractivity contribution in [3.05, 3.63) is 36.0 Å². The van der Waals surface area contributed by atoms with Gasteiger partial charge in [0.05, 0.1) is 19.8 Å². The average molecular weight is 262 g/mol. The van der Waals surface area contributed by atoms with Gasteiger partial charge in [-0.1, -0.05) is 6.07 Å². The molecule has 0 saturated carbocycles. The monoisotopic (exact) mass is 262 g/mol. The summed E-state index contributed by atoms with van der Waals surface area (Å²) in [7, 11) is 1.68. The molecule has 19 heavy (non-hydrogen) atoms. The van der Waals surface area contributed by atoms with Crippen molar-refractivity contribution in [3.63, 3.8) is 0 Å². The molecule has 0 amide bonds. The minimum absolute atomic E-state index is 0.648. The van der Waals surface area contributed by atoms with E-state index in [4.69, 9.17) is 15.2 Å². The van der Waals surface area contributed by atoms with E-state index in [0.717, 1.165) is 13.0 Å². The molecule has 0 saturated heterocycles. The highest BCUT2D eigenvalue weighted by Gasteiger charge is 2.02. The Kier molecular flexibility index (Phi) is 5.39. The predicted octanol–water partition coefficient (Wildman–Crippen LogP) is 1.81. The van der Waals surface area contributed by atoms with Crippen LogP contribution in [0.1, 0.15) is 5.56 Å². The maximum atomic E-state index is 5.58. The number of fused-ring (bicyclic) bond motifs is 1. The van der Waals surface area contributed by atoms with Crippen LogP contribution in [-0.2, 0) is 22.4 Å². The van der Waals surface area contributed by atoms with Crippen molar-refractivity contribution in [2.75, 3.05) is 33.5 Å².